The highest BCUT2D eigenvalue weighted by Crippen LogP contribution is 2.07. The predicted molar refractivity (Wildman–Crippen MR) is 81.6 cm³/mol. The molecule has 0 saturated heterocycles. The summed E-state index contributed by atoms with van der Waals surface area (Å²) in [6.45, 7) is 2.04. The Morgan fingerprint density at radius 3 is 2.48 bits per heavy atom. The van der Waals surface area contributed by atoms with Gasteiger partial charge in [0, 0.05) is 13.6 Å². The zero-order chi connectivity index (χ0) is 15.8. The van der Waals surface area contributed by atoms with Gasteiger partial charge < -0.3 is 15.4 Å². The van der Waals surface area contributed by atoms with E-state index in [0.29, 0.717) is 13.0 Å². The van der Waals surface area contributed by atoms with Crippen molar-refractivity contribution in [2.45, 2.75) is 25.8 Å². The smallest absolute Gasteiger partial charge is 0.310 e. The second kappa shape index (κ2) is 8.42. The number of nitrogens with two attached hydrogens (primary N) is 1. The van der Waals surface area contributed by atoms with Crippen LogP contribution in [0.5, 0.6) is 0 Å². The third-order valence-electron chi connectivity index (χ3n) is 3.43. The van der Waals surface area contributed by atoms with Gasteiger partial charge in [0.1, 0.15) is 0 Å². The van der Waals surface area contributed by atoms with Gasteiger partial charge in [0.2, 0.25) is 5.91 Å². The molecule has 2 atom stereocenters. The van der Waals surface area contributed by atoms with E-state index in [1.54, 1.807) is 14.0 Å². The highest BCUT2D eigenvalue weighted by molar-refractivity contribution is 5.82. The predicted octanol–water partition coefficient (Wildman–Crippen LogP) is 1.21. The normalized spacial score (nSPS) is 13.3. The lowest BCUT2D eigenvalue weighted by molar-refractivity contribution is -0.146. The number of benzene rings is 1. The van der Waals surface area contributed by atoms with Crippen LogP contribution < -0.4 is 5.73 Å². The Kier molecular flexibility index (Phi) is 6.88. The molecule has 0 aliphatic heterocycles. The standard InChI is InChI=1S/C16H24N2O3/c1-12(16(20)21-3)11-18(2)15(19)14(17)10-9-13-7-5-4-6-8-13/h4-8,12,14H,9-11,17H2,1-3H3/t12?,14-/m0/s1. The number of methoxy groups -OCH3 is 1. The molecular weight excluding hydrogens is 268 g/mol. The number of esters is 1. The summed E-state index contributed by atoms with van der Waals surface area (Å²) in [4.78, 5) is 25.0. The molecule has 2 N–H and O–H groups in total. The van der Waals surface area contributed by atoms with Gasteiger partial charge in [-0.1, -0.05) is 37.3 Å². The van der Waals surface area contributed by atoms with Gasteiger partial charge in [-0.25, -0.2) is 0 Å². The number of hydrogen-bond donors (Lipinski definition) is 1. The lowest BCUT2D eigenvalue weighted by atomic mass is 10.0. The Hall–Kier alpha value is -1.88. The molecule has 1 unspecified atom stereocenters. The van der Waals surface area contributed by atoms with Crippen molar-refractivity contribution >= 4 is 11.9 Å². The van der Waals surface area contributed by atoms with Crippen LogP contribution in [-0.4, -0.2) is 43.5 Å². The van der Waals surface area contributed by atoms with Crippen molar-refractivity contribution in [1.82, 2.24) is 4.90 Å². The van der Waals surface area contributed by atoms with Crippen molar-refractivity contribution in [3.8, 4) is 0 Å². The second-order valence-corrected chi connectivity index (χ2v) is 5.27. The summed E-state index contributed by atoms with van der Waals surface area (Å²) in [5, 5.41) is 0. The van der Waals surface area contributed by atoms with Gasteiger partial charge in [-0.15, -0.1) is 0 Å². The van der Waals surface area contributed by atoms with Gasteiger partial charge in [0.05, 0.1) is 19.1 Å². The molecule has 0 fully saturated rings. The van der Waals surface area contributed by atoms with Crippen molar-refractivity contribution in [2.24, 2.45) is 11.7 Å². The number of aryl methyl sites for hydroxylation is 1. The van der Waals surface area contributed by atoms with Crippen molar-refractivity contribution in [1.29, 1.82) is 0 Å². The van der Waals surface area contributed by atoms with Crippen molar-refractivity contribution in [2.75, 3.05) is 20.7 Å². The Morgan fingerprint density at radius 2 is 1.90 bits per heavy atom. The lowest BCUT2D eigenvalue weighted by Gasteiger charge is -2.23. The third-order valence-corrected chi connectivity index (χ3v) is 3.43. The highest BCUT2D eigenvalue weighted by atomic mass is 16.5. The van der Waals surface area contributed by atoms with E-state index >= 15 is 0 Å². The van der Waals surface area contributed by atoms with E-state index in [1.807, 2.05) is 30.3 Å². The Bertz CT molecular complexity index is 462. The average molecular weight is 292 g/mol. The van der Waals surface area contributed by atoms with Crippen LogP contribution in [0.1, 0.15) is 18.9 Å². The molecule has 0 aliphatic rings. The maximum atomic E-state index is 12.2. The molecular formula is C16H24N2O3. The van der Waals surface area contributed by atoms with E-state index in [2.05, 4.69) is 4.74 Å². The molecule has 1 rings (SSSR count). The fourth-order valence-corrected chi connectivity index (χ4v) is 2.15. The Labute approximate surface area is 126 Å². The summed E-state index contributed by atoms with van der Waals surface area (Å²) in [5.74, 6) is -0.834. The number of hydrogen-bond acceptors (Lipinski definition) is 4. The fourth-order valence-electron chi connectivity index (χ4n) is 2.15. The first-order valence-electron chi connectivity index (χ1n) is 7.08. The summed E-state index contributed by atoms with van der Waals surface area (Å²) >= 11 is 0. The van der Waals surface area contributed by atoms with E-state index < -0.39 is 6.04 Å². The largest absolute Gasteiger partial charge is 0.469 e. The molecule has 0 aromatic heterocycles. The van der Waals surface area contributed by atoms with Crippen LogP contribution in [0.4, 0.5) is 0 Å². The number of likely N-dealkylation sites (N-methyl/N-ethyl adjacent to an activating group) is 1. The Morgan fingerprint density at radius 1 is 1.29 bits per heavy atom. The van der Waals surface area contributed by atoms with E-state index in [0.717, 1.165) is 12.0 Å². The molecule has 0 radical (unpaired) electrons. The van der Waals surface area contributed by atoms with Crippen LogP contribution in [0.3, 0.4) is 0 Å². The number of ether oxygens (including phenoxy) is 1. The maximum Gasteiger partial charge on any atom is 0.310 e. The minimum Gasteiger partial charge on any atom is -0.469 e. The molecule has 1 aromatic rings. The van der Waals surface area contributed by atoms with Gasteiger partial charge in [-0.2, -0.15) is 0 Å². The summed E-state index contributed by atoms with van der Waals surface area (Å²) in [6.07, 6.45) is 1.34. The van der Waals surface area contributed by atoms with Crippen molar-refractivity contribution < 1.29 is 14.3 Å². The molecule has 0 bridgehead atoms. The summed E-state index contributed by atoms with van der Waals surface area (Å²) < 4.78 is 4.65. The molecule has 0 saturated carbocycles. The maximum absolute atomic E-state index is 12.2. The number of carbonyl (C=O) groups excluding carboxylic acids is 2. The van der Waals surface area contributed by atoms with Gasteiger partial charge in [0.15, 0.2) is 0 Å². The van der Waals surface area contributed by atoms with Crippen molar-refractivity contribution in [3.05, 3.63) is 35.9 Å². The van der Waals surface area contributed by atoms with Crippen LogP contribution >= 0.6 is 0 Å². The topological polar surface area (TPSA) is 72.6 Å². The van der Waals surface area contributed by atoms with Gasteiger partial charge in [-0.3, -0.25) is 9.59 Å². The van der Waals surface area contributed by atoms with Gasteiger partial charge in [0.25, 0.3) is 0 Å². The number of nitrogens with zero attached hydrogens (tertiary/aromatic N) is 1. The monoisotopic (exact) mass is 292 g/mol. The minimum atomic E-state index is -0.556. The number of amides is 1. The summed E-state index contributed by atoms with van der Waals surface area (Å²) in [5.41, 5.74) is 7.10. The van der Waals surface area contributed by atoms with E-state index in [-0.39, 0.29) is 17.8 Å². The van der Waals surface area contributed by atoms with Crippen molar-refractivity contribution in [3.63, 3.8) is 0 Å². The number of rotatable bonds is 7. The zero-order valence-electron chi connectivity index (χ0n) is 12.9. The average Bonchev–Trinajstić information content (AvgIpc) is 2.51. The van der Waals surface area contributed by atoms with Gasteiger partial charge >= 0.3 is 5.97 Å². The van der Waals surface area contributed by atoms with Crippen LogP contribution in [0.25, 0.3) is 0 Å². The minimum absolute atomic E-state index is 0.151. The molecule has 1 amide bonds. The molecule has 21 heavy (non-hydrogen) atoms. The summed E-state index contributed by atoms with van der Waals surface area (Å²) in [6, 6.07) is 9.36. The van der Waals surface area contributed by atoms with Crippen LogP contribution in [0, 0.1) is 5.92 Å². The molecule has 1 aromatic carbocycles. The summed E-state index contributed by atoms with van der Waals surface area (Å²) in [7, 11) is 3.00. The fraction of sp³-hybridized carbons (Fsp3) is 0.500. The molecule has 0 aliphatic carbocycles. The first kappa shape index (κ1) is 17.2. The van der Waals surface area contributed by atoms with E-state index in [1.165, 1.54) is 12.0 Å². The molecule has 5 nitrogen and oxygen atoms in total. The quantitative estimate of drug-likeness (QED) is 0.767. The molecule has 5 heteroatoms. The van der Waals surface area contributed by atoms with Crippen LogP contribution in [0.2, 0.25) is 0 Å². The van der Waals surface area contributed by atoms with Crippen LogP contribution in [-0.2, 0) is 20.7 Å². The SMILES string of the molecule is COC(=O)C(C)CN(C)C(=O)[C@@H](N)CCc1ccccc1. The molecule has 116 valence electrons. The third kappa shape index (κ3) is 5.55. The second-order valence-electron chi connectivity index (χ2n) is 5.27. The first-order chi connectivity index (χ1) is 9.95. The molecule has 0 spiro atoms. The van der Waals surface area contributed by atoms with E-state index in [4.69, 9.17) is 5.73 Å². The highest BCUT2D eigenvalue weighted by Gasteiger charge is 2.22. The first-order valence-corrected chi connectivity index (χ1v) is 7.08. The van der Waals surface area contributed by atoms with Crippen LogP contribution in [0.15, 0.2) is 30.3 Å². The zero-order valence-corrected chi connectivity index (χ0v) is 12.9. The molecule has 0 heterocycles. The van der Waals surface area contributed by atoms with E-state index in [9.17, 15) is 9.59 Å². The van der Waals surface area contributed by atoms with Gasteiger partial charge in [-0.05, 0) is 18.4 Å². The number of carbonyl (C=O) groups is 2. The Balaban J connectivity index is 2.44. The lowest BCUT2D eigenvalue weighted by Crippen LogP contribution is -2.44.